The Labute approximate surface area is 108 Å². The summed E-state index contributed by atoms with van der Waals surface area (Å²) in [6, 6.07) is 0. The second-order valence-electron chi connectivity index (χ2n) is 5.62. The Balaban J connectivity index is 2.15. The van der Waals surface area contributed by atoms with Gasteiger partial charge in [-0.1, -0.05) is 25.2 Å². The topological polar surface area (TPSA) is 37.3 Å². The number of carbonyl (C=O) groups excluding carboxylic acids is 1. The SMILES string of the molecule is CC[C@H]1CC(O)C2=CCCC3CC=CC(=C23)C1=O. The summed E-state index contributed by atoms with van der Waals surface area (Å²) >= 11 is 0. The van der Waals surface area contributed by atoms with Gasteiger partial charge < -0.3 is 5.11 Å². The Morgan fingerprint density at radius 1 is 1.44 bits per heavy atom. The maximum atomic E-state index is 12.5. The first-order chi connectivity index (χ1) is 8.72. The quantitative estimate of drug-likeness (QED) is 0.770. The van der Waals surface area contributed by atoms with Crippen LogP contribution in [0.25, 0.3) is 0 Å². The van der Waals surface area contributed by atoms with Gasteiger partial charge in [0.05, 0.1) is 6.10 Å². The lowest BCUT2D eigenvalue weighted by molar-refractivity contribution is -0.119. The molecule has 2 unspecified atom stereocenters. The number of carbonyl (C=O) groups is 1. The van der Waals surface area contributed by atoms with Crippen molar-refractivity contribution < 1.29 is 9.90 Å². The van der Waals surface area contributed by atoms with Gasteiger partial charge in [-0.25, -0.2) is 0 Å². The summed E-state index contributed by atoms with van der Waals surface area (Å²) in [5.41, 5.74) is 3.10. The van der Waals surface area contributed by atoms with Crippen LogP contribution in [0, 0.1) is 11.8 Å². The average Bonchev–Trinajstić information content (AvgIpc) is 2.51. The van der Waals surface area contributed by atoms with Gasteiger partial charge in [-0.15, -0.1) is 0 Å². The summed E-state index contributed by atoms with van der Waals surface area (Å²) in [5, 5.41) is 10.4. The Hall–Kier alpha value is -1.15. The number of aliphatic hydroxyl groups excluding tert-OH is 1. The molecule has 2 heteroatoms. The molecule has 3 aliphatic carbocycles. The zero-order valence-electron chi connectivity index (χ0n) is 10.9. The van der Waals surface area contributed by atoms with Crippen LogP contribution in [0.1, 0.15) is 39.0 Å². The van der Waals surface area contributed by atoms with Gasteiger partial charge >= 0.3 is 0 Å². The summed E-state index contributed by atoms with van der Waals surface area (Å²) in [5.74, 6) is 0.689. The van der Waals surface area contributed by atoms with Gasteiger partial charge in [0.2, 0.25) is 0 Å². The molecular weight excluding hydrogens is 224 g/mol. The second kappa shape index (κ2) is 4.51. The van der Waals surface area contributed by atoms with Gasteiger partial charge in [0, 0.05) is 11.5 Å². The highest BCUT2D eigenvalue weighted by Gasteiger charge is 2.37. The van der Waals surface area contributed by atoms with Crippen molar-refractivity contribution in [3.05, 3.63) is 34.9 Å². The summed E-state index contributed by atoms with van der Waals surface area (Å²) < 4.78 is 0. The molecule has 0 aromatic heterocycles. The van der Waals surface area contributed by atoms with E-state index in [2.05, 4.69) is 12.2 Å². The minimum Gasteiger partial charge on any atom is -0.388 e. The van der Waals surface area contributed by atoms with Crippen molar-refractivity contribution in [2.75, 3.05) is 0 Å². The monoisotopic (exact) mass is 244 g/mol. The van der Waals surface area contributed by atoms with Crippen LogP contribution in [0.15, 0.2) is 34.9 Å². The molecule has 0 aromatic rings. The lowest BCUT2D eigenvalue weighted by Gasteiger charge is -2.30. The molecule has 0 amide bonds. The number of allylic oxidation sites excluding steroid dienone is 4. The molecule has 2 nitrogen and oxygen atoms in total. The number of ketones is 1. The number of hydrogen-bond acceptors (Lipinski definition) is 2. The molecule has 0 saturated heterocycles. The maximum absolute atomic E-state index is 12.5. The number of Topliss-reactive ketones (excluding diaryl/α,β-unsaturated/α-hetero) is 1. The van der Waals surface area contributed by atoms with Crippen molar-refractivity contribution >= 4 is 5.78 Å². The molecule has 3 atom stereocenters. The van der Waals surface area contributed by atoms with Gasteiger partial charge in [-0.2, -0.15) is 0 Å². The van der Waals surface area contributed by atoms with Crippen LogP contribution < -0.4 is 0 Å². The van der Waals surface area contributed by atoms with Gasteiger partial charge in [0.1, 0.15) is 0 Å². The van der Waals surface area contributed by atoms with Crippen molar-refractivity contribution in [1.29, 1.82) is 0 Å². The maximum Gasteiger partial charge on any atom is 0.166 e. The molecule has 3 rings (SSSR count). The Morgan fingerprint density at radius 3 is 3.06 bits per heavy atom. The minimum atomic E-state index is -0.444. The smallest absolute Gasteiger partial charge is 0.166 e. The first-order valence-electron chi connectivity index (χ1n) is 7.05. The number of aliphatic hydroxyl groups is 1. The van der Waals surface area contributed by atoms with Crippen molar-refractivity contribution in [2.24, 2.45) is 11.8 Å². The van der Waals surface area contributed by atoms with Crippen LogP contribution in [0.3, 0.4) is 0 Å². The molecule has 18 heavy (non-hydrogen) atoms. The Bertz CT molecular complexity index is 467. The molecule has 0 radical (unpaired) electrons. The van der Waals surface area contributed by atoms with Crippen molar-refractivity contribution in [2.45, 2.75) is 45.1 Å². The summed E-state index contributed by atoms with van der Waals surface area (Å²) in [6.45, 7) is 2.04. The lowest BCUT2D eigenvalue weighted by atomic mass is 9.75. The zero-order chi connectivity index (χ0) is 12.7. The average molecular weight is 244 g/mol. The molecule has 0 aromatic carbocycles. The largest absolute Gasteiger partial charge is 0.388 e. The van der Waals surface area contributed by atoms with Crippen LogP contribution in [-0.4, -0.2) is 17.0 Å². The molecule has 0 fully saturated rings. The number of rotatable bonds is 1. The fourth-order valence-corrected chi connectivity index (χ4v) is 3.59. The molecule has 0 heterocycles. The molecule has 0 aliphatic heterocycles. The van der Waals surface area contributed by atoms with E-state index >= 15 is 0 Å². The summed E-state index contributed by atoms with van der Waals surface area (Å²) in [7, 11) is 0. The molecule has 1 N–H and O–H groups in total. The summed E-state index contributed by atoms with van der Waals surface area (Å²) in [6.07, 6.45) is 10.4. The van der Waals surface area contributed by atoms with Crippen LogP contribution in [0.4, 0.5) is 0 Å². The van der Waals surface area contributed by atoms with Gasteiger partial charge in [0.15, 0.2) is 5.78 Å². The van der Waals surface area contributed by atoms with E-state index in [4.69, 9.17) is 0 Å². The second-order valence-corrected chi connectivity index (χ2v) is 5.62. The molecular formula is C16H20O2. The molecule has 0 bridgehead atoms. The first kappa shape index (κ1) is 11.9. The highest BCUT2D eigenvalue weighted by atomic mass is 16.3. The highest BCUT2D eigenvalue weighted by molar-refractivity contribution is 6.02. The predicted octanol–water partition coefficient (Wildman–Crippen LogP) is 2.94. The van der Waals surface area contributed by atoms with Crippen molar-refractivity contribution in [3.8, 4) is 0 Å². The van der Waals surface area contributed by atoms with Crippen LogP contribution >= 0.6 is 0 Å². The van der Waals surface area contributed by atoms with E-state index in [9.17, 15) is 9.90 Å². The van der Waals surface area contributed by atoms with Gasteiger partial charge in [-0.3, -0.25) is 4.79 Å². The van der Waals surface area contributed by atoms with E-state index in [0.717, 1.165) is 42.4 Å². The first-order valence-corrected chi connectivity index (χ1v) is 7.05. The van der Waals surface area contributed by atoms with Gasteiger partial charge in [-0.05, 0) is 49.2 Å². The Kier molecular flexibility index (Phi) is 2.98. The molecule has 3 aliphatic rings. The fraction of sp³-hybridized carbons (Fsp3) is 0.562. The third kappa shape index (κ3) is 1.71. The van der Waals surface area contributed by atoms with E-state index < -0.39 is 6.10 Å². The predicted molar refractivity (Wildman–Crippen MR) is 71.0 cm³/mol. The van der Waals surface area contributed by atoms with Crippen LogP contribution in [0.5, 0.6) is 0 Å². The van der Waals surface area contributed by atoms with Crippen LogP contribution in [-0.2, 0) is 4.79 Å². The zero-order valence-corrected chi connectivity index (χ0v) is 10.9. The van der Waals surface area contributed by atoms with E-state index in [1.807, 2.05) is 13.0 Å². The van der Waals surface area contributed by atoms with Crippen LogP contribution in [0.2, 0.25) is 0 Å². The van der Waals surface area contributed by atoms with Gasteiger partial charge in [0.25, 0.3) is 0 Å². The van der Waals surface area contributed by atoms with E-state index in [1.165, 1.54) is 0 Å². The molecule has 96 valence electrons. The lowest BCUT2D eigenvalue weighted by Crippen LogP contribution is -2.21. The highest BCUT2D eigenvalue weighted by Crippen LogP contribution is 2.43. The number of hydrogen-bond donors (Lipinski definition) is 1. The minimum absolute atomic E-state index is 0.0163. The van der Waals surface area contributed by atoms with Crippen molar-refractivity contribution in [3.63, 3.8) is 0 Å². The van der Waals surface area contributed by atoms with E-state index in [-0.39, 0.29) is 11.7 Å². The van der Waals surface area contributed by atoms with E-state index in [0.29, 0.717) is 12.3 Å². The third-order valence-corrected chi connectivity index (χ3v) is 4.59. The van der Waals surface area contributed by atoms with Crippen molar-refractivity contribution in [1.82, 2.24) is 0 Å². The summed E-state index contributed by atoms with van der Waals surface area (Å²) in [4.78, 5) is 12.5. The van der Waals surface area contributed by atoms with E-state index in [1.54, 1.807) is 0 Å². The third-order valence-electron chi connectivity index (χ3n) is 4.59. The Morgan fingerprint density at radius 2 is 2.28 bits per heavy atom. The fourth-order valence-electron chi connectivity index (χ4n) is 3.59. The molecule has 0 spiro atoms. The molecule has 0 saturated carbocycles. The standard InChI is InChI=1S/C16H20O2/c1-2-10-9-14(17)12-7-3-5-11-6-4-8-13(15(11)12)16(10)18/h4,7-8,10-11,14,17H,2-3,5-6,9H2,1H3/t10-,11?,14?/m0/s1. The normalized spacial score (nSPS) is 35.1.